The number of ether oxygens (including phenoxy) is 5. The van der Waals surface area contributed by atoms with Crippen LogP contribution in [0.4, 0.5) is 0 Å². The van der Waals surface area contributed by atoms with Crippen LogP contribution < -0.4 is 0 Å². The van der Waals surface area contributed by atoms with Gasteiger partial charge in [-0.15, -0.1) is 0 Å². The molecule has 2 aliphatic heterocycles. The van der Waals surface area contributed by atoms with E-state index in [1.165, 1.54) is 0 Å². The van der Waals surface area contributed by atoms with Crippen LogP contribution in [0.3, 0.4) is 0 Å². The Hall–Kier alpha value is -2.54. The fraction of sp³-hybridized carbons (Fsp3) is 0.419. The quantitative estimate of drug-likeness (QED) is 0.257. The Morgan fingerprint density at radius 1 is 0.778 bits per heavy atom. The number of benzene rings is 3. The molecule has 2 saturated heterocycles. The lowest BCUT2D eigenvalue weighted by molar-refractivity contribution is -0.226. The number of hydrogen-bond acceptors (Lipinski definition) is 5. The second kappa shape index (κ2) is 10.8. The van der Waals surface area contributed by atoms with Crippen LogP contribution in [0, 0.1) is 0 Å². The first kappa shape index (κ1) is 25.1. The van der Waals surface area contributed by atoms with E-state index in [0.717, 1.165) is 29.5 Å². The van der Waals surface area contributed by atoms with Crippen molar-refractivity contribution in [1.82, 2.24) is 0 Å². The SMILES string of the molecule is CCCCO[C@H]1[C@@H](COC(c2ccccc2)(c2ccccc2)c2ccccc2)OC2OC(C)(C)O[C@@H]21. The third-order valence-electron chi connectivity index (χ3n) is 6.90. The van der Waals surface area contributed by atoms with E-state index in [9.17, 15) is 0 Å². The molecule has 2 aliphatic rings. The second-order valence-corrected chi connectivity index (χ2v) is 9.92. The van der Waals surface area contributed by atoms with Crippen molar-refractivity contribution in [2.75, 3.05) is 13.2 Å². The first-order valence-corrected chi connectivity index (χ1v) is 13.0. The number of fused-ring (bicyclic) bond motifs is 1. The second-order valence-electron chi connectivity index (χ2n) is 9.92. The van der Waals surface area contributed by atoms with Gasteiger partial charge in [0.05, 0.1) is 6.61 Å². The van der Waals surface area contributed by atoms with Crippen molar-refractivity contribution >= 4 is 0 Å². The summed E-state index contributed by atoms with van der Waals surface area (Å²) in [5, 5.41) is 0. The highest BCUT2D eigenvalue weighted by molar-refractivity contribution is 5.47. The Morgan fingerprint density at radius 2 is 1.31 bits per heavy atom. The van der Waals surface area contributed by atoms with E-state index in [2.05, 4.69) is 79.7 Å². The molecule has 1 unspecified atom stereocenters. The smallest absolute Gasteiger partial charge is 0.190 e. The Morgan fingerprint density at radius 3 is 1.81 bits per heavy atom. The first-order valence-electron chi connectivity index (χ1n) is 13.0. The molecular weight excluding hydrogens is 452 g/mol. The van der Waals surface area contributed by atoms with Crippen LogP contribution in [0.15, 0.2) is 91.0 Å². The van der Waals surface area contributed by atoms with Gasteiger partial charge in [-0.05, 0) is 37.0 Å². The normalized spacial score (nSPS) is 25.1. The van der Waals surface area contributed by atoms with Gasteiger partial charge in [0.15, 0.2) is 12.1 Å². The largest absolute Gasteiger partial charge is 0.372 e. The maximum absolute atomic E-state index is 7.01. The van der Waals surface area contributed by atoms with Crippen LogP contribution in [0.5, 0.6) is 0 Å². The zero-order valence-electron chi connectivity index (χ0n) is 21.3. The van der Waals surface area contributed by atoms with E-state index in [1.54, 1.807) is 0 Å². The summed E-state index contributed by atoms with van der Waals surface area (Å²) in [4.78, 5) is 0. The summed E-state index contributed by atoms with van der Waals surface area (Å²) in [7, 11) is 0. The molecular formula is C31H36O5. The van der Waals surface area contributed by atoms with Crippen LogP contribution in [-0.2, 0) is 29.3 Å². The minimum absolute atomic E-state index is 0.275. The van der Waals surface area contributed by atoms with Crippen molar-refractivity contribution in [3.8, 4) is 0 Å². The third-order valence-corrected chi connectivity index (χ3v) is 6.90. The van der Waals surface area contributed by atoms with Crippen LogP contribution in [0.25, 0.3) is 0 Å². The molecule has 36 heavy (non-hydrogen) atoms. The van der Waals surface area contributed by atoms with Crippen molar-refractivity contribution in [1.29, 1.82) is 0 Å². The summed E-state index contributed by atoms with van der Waals surface area (Å²) < 4.78 is 32.0. The Kier molecular flexibility index (Phi) is 7.56. The van der Waals surface area contributed by atoms with Gasteiger partial charge in [-0.3, -0.25) is 0 Å². The van der Waals surface area contributed by atoms with Crippen molar-refractivity contribution in [2.45, 2.75) is 69.6 Å². The molecule has 0 amide bonds. The molecule has 3 aromatic carbocycles. The summed E-state index contributed by atoms with van der Waals surface area (Å²) in [6, 6.07) is 31.1. The lowest BCUT2D eigenvalue weighted by atomic mass is 9.80. The lowest BCUT2D eigenvalue weighted by Gasteiger charge is -2.37. The van der Waals surface area contributed by atoms with Crippen LogP contribution in [0.2, 0.25) is 0 Å². The maximum Gasteiger partial charge on any atom is 0.190 e. The Labute approximate surface area is 214 Å². The average molecular weight is 489 g/mol. The summed E-state index contributed by atoms with van der Waals surface area (Å²) >= 11 is 0. The molecule has 0 saturated carbocycles. The zero-order valence-corrected chi connectivity index (χ0v) is 21.3. The van der Waals surface area contributed by atoms with Crippen LogP contribution in [0.1, 0.15) is 50.3 Å². The summed E-state index contributed by atoms with van der Waals surface area (Å²) in [5.74, 6) is -0.699. The molecule has 190 valence electrons. The highest BCUT2D eigenvalue weighted by Crippen LogP contribution is 2.43. The fourth-order valence-electron chi connectivity index (χ4n) is 5.22. The van der Waals surface area contributed by atoms with Gasteiger partial charge in [0.2, 0.25) is 0 Å². The molecule has 0 N–H and O–H groups in total. The molecule has 0 aromatic heterocycles. The first-order chi connectivity index (χ1) is 17.5. The monoisotopic (exact) mass is 488 g/mol. The van der Waals surface area contributed by atoms with Gasteiger partial charge in [-0.25, -0.2) is 0 Å². The van der Waals surface area contributed by atoms with Crippen molar-refractivity contribution in [3.63, 3.8) is 0 Å². The van der Waals surface area contributed by atoms with E-state index in [0.29, 0.717) is 13.2 Å². The zero-order chi connectivity index (χ0) is 25.0. The molecule has 0 radical (unpaired) electrons. The van der Waals surface area contributed by atoms with E-state index in [1.807, 2.05) is 32.0 Å². The number of hydrogen-bond donors (Lipinski definition) is 0. The molecule has 5 rings (SSSR count). The van der Waals surface area contributed by atoms with E-state index >= 15 is 0 Å². The lowest BCUT2D eigenvalue weighted by Crippen LogP contribution is -2.42. The summed E-state index contributed by atoms with van der Waals surface area (Å²) in [6.07, 6.45) is 0.676. The number of unbranched alkanes of at least 4 members (excludes halogenated alkanes) is 1. The van der Waals surface area contributed by atoms with Gasteiger partial charge in [0.25, 0.3) is 0 Å². The summed E-state index contributed by atoms with van der Waals surface area (Å²) in [6.45, 7) is 6.94. The Balaban J connectivity index is 1.49. The van der Waals surface area contributed by atoms with Gasteiger partial charge >= 0.3 is 0 Å². The standard InChI is InChI=1S/C31H36O5/c1-4-5-21-32-27-26(34-29-28(27)35-30(2,3)36-29)22-33-31(23-15-9-6-10-16-23,24-17-11-7-12-18-24)25-19-13-8-14-20-25/h6-20,26-29H,4-5,21-22H2,1-3H3/t26-,27+,28-,29?/m1/s1. The van der Waals surface area contributed by atoms with Gasteiger partial charge in [-0.1, -0.05) is 104 Å². The molecule has 2 fully saturated rings. The highest BCUT2D eigenvalue weighted by Gasteiger charge is 2.56. The predicted octanol–water partition coefficient (Wildman–Crippen LogP) is 6.06. The molecule has 2 heterocycles. The number of rotatable bonds is 10. The highest BCUT2D eigenvalue weighted by atomic mass is 16.8. The molecule has 3 aromatic rings. The molecule has 0 aliphatic carbocycles. The minimum Gasteiger partial charge on any atom is -0.372 e. The third kappa shape index (κ3) is 4.99. The Bertz CT molecular complexity index is 989. The van der Waals surface area contributed by atoms with Crippen molar-refractivity contribution < 1.29 is 23.7 Å². The van der Waals surface area contributed by atoms with Gasteiger partial charge in [-0.2, -0.15) is 0 Å². The van der Waals surface area contributed by atoms with E-state index < -0.39 is 17.7 Å². The molecule has 0 spiro atoms. The predicted molar refractivity (Wildman–Crippen MR) is 139 cm³/mol. The topological polar surface area (TPSA) is 46.2 Å². The fourth-order valence-corrected chi connectivity index (χ4v) is 5.22. The van der Waals surface area contributed by atoms with Gasteiger partial charge < -0.3 is 23.7 Å². The van der Waals surface area contributed by atoms with E-state index in [4.69, 9.17) is 23.7 Å². The molecule has 0 bridgehead atoms. The molecule has 5 nitrogen and oxygen atoms in total. The maximum atomic E-state index is 7.01. The molecule has 4 atom stereocenters. The van der Waals surface area contributed by atoms with E-state index in [-0.39, 0.29) is 18.3 Å². The van der Waals surface area contributed by atoms with Gasteiger partial charge in [0.1, 0.15) is 23.9 Å². The minimum atomic E-state index is -0.820. The van der Waals surface area contributed by atoms with Crippen LogP contribution in [-0.4, -0.2) is 43.6 Å². The van der Waals surface area contributed by atoms with Crippen LogP contribution >= 0.6 is 0 Å². The van der Waals surface area contributed by atoms with Crippen molar-refractivity contribution in [2.24, 2.45) is 0 Å². The van der Waals surface area contributed by atoms with Crippen molar-refractivity contribution in [3.05, 3.63) is 108 Å². The average Bonchev–Trinajstić information content (AvgIpc) is 3.38. The summed E-state index contributed by atoms with van der Waals surface area (Å²) in [5.41, 5.74) is 2.34. The van der Waals surface area contributed by atoms with Gasteiger partial charge in [0, 0.05) is 6.61 Å². The molecule has 5 heteroatoms.